The molecule has 1 aromatic rings. The van der Waals surface area contributed by atoms with Gasteiger partial charge in [-0.3, -0.25) is 10.1 Å². The Balaban J connectivity index is 0.00000361. The van der Waals surface area contributed by atoms with E-state index in [-0.39, 0.29) is 23.7 Å². The fourth-order valence-corrected chi connectivity index (χ4v) is 1.44. The molecule has 114 valence electrons. The Morgan fingerprint density at radius 2 is 2.00 bits per heavy atom. The molecule has 10 heteroatoms. The van der Waals surface area contributed by atoms with Crippen LogP contribution >= 0.6 is 12.4 Å². The molecule has 0 bridgehead atoms. The Morgan fingerprint density at radius 1 is 1.45 bits per heavy atom. The first-order valence-corrected chi connectivity index (χ1v) is 5.01. The molecular weight excluding hydrogens is 305 g/mol. The van der Waals surface area contributed by atoms with E-state index in [9.17, 15) is 23.3 Å². The number of halogens is 4. The van der Waals surface area contributed by atoms with Crippen LogP contribution in [0.1, 0.15) is 11.6 Å². The summed E-state index contributed by atoms with van der Waals surface area (Å²) in [4.78, 5) is 9.91. The predicted octanol–water partition coefficient (Wildman–Crippen LogP) is 1.95. The van der Waals surface area contributed by atoms with E-state index in [0.29, 0.717) is 0 Å². The molecule has 6 nitrogen and oxygen atoms in total. The zero-order chi connectivity index (χ0) is 14.8. The van der Waals surface area contributed by atoms with Crippen molar-refractivity contribution in [3.63, 3.8) is 0 Å². The number of aliphatic hydroxyl groups is 1. The Labute approximate surface area is 117 Å². The molecule has 1 aromatic carbocycles. The van der Waals surface area contributed by atoms with Gasteiger partial charge in [-0.05, 0) is 11.6 Å². The molecule has 3 N–H and O–H groups in total. The van der Waals surface area contributed by atoms with Crippen LogP contribution in [0, 0.1) is 10.1 Å². The zero-order valence-corrected chi connectivity index (χ0v) is 10.9. The van der Waals surface area contributed by atoms with E-state index in [1.807, 2.05) is 0 Å². The van der Waals surface area contributed by atoms with Crippen molar-refractivity contribution in [1.29, 1.82) is 0 Å². The number of nitro groups is 1. The normalized spacial score (nSPS) is 14.1. The summed E-state index contributed by atoms with van der Waals surface area (Å²) in [6, 6.07) is 1.28. The third kappa shape index (κ3) is 3.95. The number of benzene rings is 1. The molecule has 0 amide bonds. The summed E-state index contributed by atoms with van der Waals surface area (Å²) in [5.74, 6) is -0.109. The largest absolute Gasteiger partial charge is 0.490 e. The van der Waals surface area contributed by atoms with Crippen LogP contribution < -0.4 is 10.5 Å². The number of rotatable bonds is 4. The molecule has 0 radical (unpaired) electrons. The standard InChI is InChI=1S/C10H11F3N2O4.ClH/c1-19-7-3-2-5(4-6(7)15(17)18)8(14)9(16)10(11,12)13;/h2-4,8-9,16H,14H2,1H3;1H/t8-,9-;/m0./s1. The van der Waals surface area contributed by atoms with Crippen molar-refractivity contribution in [2.24, 2.45) is 5.73 Å². The minimum atomic E-state index is -4.91. The molecule has 0 aliphatic carbocycles. The van der Waals surface area contributed by atoms with Gasteiger partial charge in [0.2, 0.25) is 0 Å². The molecule has 1 rings (SSSR count). The fraction of sp³-hybridized carbons (Fsp3) is 0.400. The minimum absolute atomic E-state index is 0. The number of nitro benzene ring substituents is 1. The lowest BCUT2D eigenvalue weighted by Gasteiger charge is -2.21. The molecular formula is C10H12ClF3N2O4. The summed E-state index contributed by atoms with van der Waals surface area (Å²) < 4.78 is 41.6. The van der Waals surface area contributed by atoms with Crippen LogP contribution in [0.25, 0.3) is 0 Å². The second kappa shape index (κ2) is 6.73. The van der Waals surface area contributed by atoms with Gasteiger partial charge in [0.25, 0.3) is 0 Å². The number of nitrogens with zero attached hydrogens (tertiary/aromatic N) is 1. The number of ether oxygens (including phenoxy) is 1. The monoisotopic (exact) mass is 316 g/mol. The third-order valence-corrected chi connectivity index (χ3v) is 2.46. The van der Waals surface area contributed by atoms with Gasteiger partial charge in [-0.25, -0.2) is 0 Å². The Kier molecular flexibility index (Phi) is 6.20. The van der Waals surface area contributed by atoms with E-state index in [2.05, 4.69) is 0 Å². The van der Waals surface area contributed by atoms with Crippen LogP contribution in [0.2, 0.25) is 0 Å². The van der Waals surface area contributed by atoms with Crippen molar-refractivity contribution in [1.82, 2.24) is 0 Å². The summed E-state index contributed by atoms with van der Waals surface area (Å²) in [6.07, 6.45) is -7.71. The van der Waals surface area contributed by atoms with Gasteiger partial charge in [0.05, 0.1) is 18.1 Å². The predicted molar refractivity (Wildman–Crippen MR) is 65.9 cm³/mol. The van der Waals surface area contributed by atoms with Crippen LogP contribution in [0.3, 0.4) is 0 Å². The molecule has 0 heterocycles. The van der Waals surface area contributed by atoms with E-state index in [1.54, 1.807) is 0 Å². The highest BCUT2D eigenvalue weighted by atomic mass is 35.5. The SMILES string of the molecule is COc1ccc([C@H](N)[C@H](O)C(F)(F)F)cc1[N+](=O)[O-].Cl. The van der Waals surface area contributed by atoms with Crippen LogP contribution in [0.4, 0.5) is 18.9 Å². The molecule has 0 aliphatic rings. The van der Waals surface area contributed by atoms with E-state index in [1.165, 1.54) is 7.11 Å². The van der Waals surface area contributed by atoms with Crippen molar-refractivity contribution in [2.75, 3.05) is 7.11 Å². The maximum atomic E-state index is 12.3. The van der Waals surface area contributed by atoms with Crippen molar-refractivity contribution < 1.29 is 27.9 Å². The van der Waals surface area contributed by atoms with Crippen LogP contribution in [-0.4, -0.2) is 29.4 Å². The first-order chi connectivity index (χ1) is 8.68. The van der Waals surface area contributed by atoms with Crippen molar-refractivity contribution >= 4 is 18.1 Å². The number of methoxy groups -OCH3 is 1. The molecule has 0 spiro atoms. The van der Waals surface area contributed by atoms with Crippen LogP contribution in [0.5, 0.6) is 5.75 Å². The van der Waals surface area contributed by atoms with Crippen LogP contribution in [0.15, 0.2) is 18.2 Å². The average molecular weight is 317 g/mol. The van der Waals surface area contributed by atoms with Gasteiger partial charge in [0, 0.05) is 6.07 Å². The summed E-state index contributed by atoms with van der Waals surface area (Å²) in [6.45, 7) is 0. The van der Waals surface area contributed by atoms with E-state index in [4.69, 9.17) is 15.6 Å². The summed E-state index contributed by atoms with van der Waals surface area (Å²) in [5, 5.41) is 19.7. The quantitative estimate of drug-likeness (QED) is 0.653. The molecule has 0 unspecified atom stereocenters. The molecule has 20 heavy (non-hydrogen) atoms. The summed E-state index contributed by atoms with van der Waals surface area (Å²) in [7, 11) is 1.19. The van der Waals surface area contributed by atoms with E-state index < -0.39 is 28.9 Å². The van der Waals surface area contributed by atoms with Gasteiger partial charge < -0.3 is 15.6 Å². The van der Waals surface area contributed by atoms with E-state index in [0.717, 1.165) is 18.2 Å². The molecule has 0 aromatic heterocycles. The highest BCUT2D eigenvalue weighted by Crippen LogP contribution is 2.33. The fourth-order valence-electron chi connectivity index (χ4n) is 1.44. The lowest BCUT2D eigenvalue weighted by atomic mass is 10.0. The highest BCUT2D eigenvalue weighted by Gasteiger charge is 2.43. The average Bonchev–Trinajstić information content (AvgIpc) is 2.34. The van der Waals surface area contributed by atoms with E-state index >= 15 is 0 Å². The smallest absolute Gasteiger partial charge is 0.416 e. The second-order valence-electron chi connectivity index (χ2n) is 3.70. The summed E-state index contributed by atoms with van der Waals surface area (Å²) >= 11 is 0. The number of hydrogen-bond donors (Lipinski definition) is 2. The van der Waals surface area contributed by atoms with Crippen molar-refractivity contribution in [3.05, 3.63) is 33.9 Å². The first-order valence-electron chi connectivity index (χ1n) is 5.01. The van der Waals surface area contributed by atoms with Crippen molar-refractivity contribution in [3.8, 4) is 5.75 Å². The third-order valence-electron chi connectivity index (χ3n) is 2.46. The van der Waals surface area contributed by atoms with Crippen molar-refractivity contribution in [2.45, 2.75) is 18.3 Å². The number of hydrogen-bond acceptors (Lipinski definition) is 5. The number of alkyl halides is 3. The maximum Gasteiger partial charge on any atom is 0.416 e. The number of aliphatic hydroxyl groups excluding tert-OH is 1. The maximum absolute atomic E-state index is 12.3. The second-order valence-corrected chi connectivity index (χ2v) is 3.70. The van der Waals surface area contributed by atoms with Gasteiger partial charge in [-0.2, -0.15) is 13.2 Å². The molecule has 0 saturated carbocycles. The zero-order valence-electron chi connectivity index (χ0n) is 10.1. The van der Waals surface area contributed by atoms with Gasteiger partial charge in [0.15, 0.2) is 11.9 Å². The summed E-state index contributed by atoms with van der Waals surface area (Å²) in [5.41, 5.74) is 4.52. The first kappa shape index (κ1) is 18.4. The lowest BCUT2D eigenvalue weighted by molar-refractivity contribution is -0.385. The molecule has 0 aliphatic heterocycles. The molecule has 0 fully saturated rings. The van der Waals surface area contributed by atoms with Crippen LogP contribution in [-0.2, 0) is 0 Å². The Hall–Kier alpha value is -1.58. The van der Waals surface area contributed by atoms with Gasteiger partial charge in [-0.1, -0.05) is 6.07 Å². The van der Waals surface area contributed by atoms with Gasteiger partial charge in [0.1, 0.15) is 0 Å². The number of nitrogens with two attached hydrogens (primary N) is 1. The highest BCUT2D eigenvalue weighted by molar-refractivity contribution is 5.85. The topological polar surface area (TPSA) is 98.6 Å². The molecule has 2 atom stereocenters. The molecule has 0 saturated heterocycles. The Bertz CT molecular complexity index is 484. The van der Waals surface area contributed by atoms with Gasteiger partial charge in [-0.15, -0.1) is 12.4 Å². The van der Waals surface area contributed by atoms with Gasteiger partial charge >= 0.3 is 11.9 Å². The Morgan fingerprint density at radius 3 is 2.40 bits per heavy atom. The lowest BCUT2D eigenvalue weighted by Crippen LogP contribution is -2.38. The minimum Gasteiger partial charge on any atom is -0.490 e.